The second-order valence-electron chi connectivity index (χ2n) is 6.11. The highest BCUT2D eigenvalue weighted by Gasteiger charge is 2.20. The van der Waals surface area contributed by atoms with E-state index in [1.807, 2.05) is 0 Å². The first-order chi connectivity index (χ1) is 12.7. The summed E-state index contributed by atoms with van der Waals surface area (Å²) >= 11 is 0. The second-order valence-corrected chi connectivity index (χ2v) is 6.11. The maximum absolute atomic E-state index is 12.3. The monoisotopic (exact) mass is 370 g/mol. The molecule has 0 aliphatic carbocycles. The van der Waals surface area contributed by atoms with Gasteiger partial charge in [0, 0.05) is 23.2 Å². The second kappa shape index (κ2) is 8.22. The molecule has 8 nitrogen and oxygen atoms in total. The molecule has 1 amide bonds. The molecule has 8 heteroatoms. The Morgan fingerprint density at radius 3 is 2.15 bits per heavy atom. The third-order valence-electron chi connectivity index (χ3n) is 3.68. The lowest BCUT2D eigenvalue weighted by Gasteiger charge is -2.09. The fourth-order valence-corrected chi connectivity index (χ4v) is 2.10. The van der Waals surface area contributed by atoms with Gasteiger partial charge in [0.25, 0.3) is 0 Å². The molecular formula is C19H18N2O6. The molecule has 0 atom stereocenters. The number of Topliss-reactive ketones (excluding diaryl/α,β-unsaturated/α-hetero) is 1. The summed E-state index contributed by atoms with van der Waals surface area (Å²) in [6.45, 7) is 4.81. The summed E-state index contributed by atoms with van der Waals surface area (Å²) in [5.74, 6) is -1.80. The first-order valence-corrected chi connectivity index (χ1v) is 8.11. The molecule has 0 bridgehead atoms. The van der Waals surface area contributed by atoms with Gasteiger partial charge < -0.3 is 10.1 Å². The number of ether oxygens (including phenoxy) is 1. The number of ketones is 1. The normalized spacial score (nSPS) is 10.4. The van der Waals surface area contributed by atoms with E-state index in [1.165, 1.54) is 37.3 Å². The van der Waals surface area contributed by atoms with Crippen LogP contribution in [0.2, 0.25) is 0 Å². The molecule has 2 aromatic rings. The van der Waals surface area contributed by atoms with Crippen molar-refractivity contribution in [2.45, 2.75) is 20.8 Å². The molecule has 0 aliphatic heterocycles. The Morgan fingerprint density at radius 2 is 1.63 bits per heavy atom. The van der Waals surface area contributed by atoms with E-state index in [2.05, 4.69) is 5.32 Å². The smallest absolute Gasteiger partial charge is 0.343 e. The molecule has 27 heavy (non-hydrogen) atoms. The van der Waals surface area contributed by atoms with E-state index in [0.717, 1.165) is 12.1 Å². The molecule has 140 valence electrons. The van der Waals surface area contributed by atoms with Crippen LogP contribution in [0.25, 0.3) is 0 Å². The van der Waals surface area contributed by atoms with Gasteiger partial charge >= 0.3 is 11.7 Å². The van der Waals surface area contributed by atoms with Crippen LogP contribution >= 0.6 is 0 Å². The molecule has 0 aliphatic rings. The molecule has 0 fully saturated rings. The molecule has 1 N–H and O–H groups in total. The van der Waals surface area contributed by atoms with Crippen LogP contribution in [0.15, 0.2) is 42.5 Å². The fourth-order valence-electron chi connectivity index (χ4n) is 2.10. The zero-order chi connectivity index (χ0) is 20.1. The Hall–Kier alpha value is -3.55. The lowest BCUT2D eigenvalue weighted by atomic mass is 10.1. The number of nitro groups is 1. The van der Waals surface area contributed by atoms with E-state index in [1.54, 1.807) is 13.8 Å². The highest BCUT2D eigenvalue weighted by molar-refractivity contribution is 5.96. The zero-order valence-corrected chi connectivity index (χ0v) is 15.0. The summed E-state index contributed by atoms with van der Waals surface area (Å²) in [7, 11) is 0. The predicted molar refractivity (Wildman–Crippen MR) is 98.0 cm³/mol. The van der Waals surface area contributed by atoms with Crippen LogP contribution in [0.5, 0.6) is 5.75 Å². The van der Waals surface area contributed by atoms with Crippen molar-refractivity contribution >= 4 is 29.0 Å². The molecule has 2 rings (SSSR count). The number of nitro benzene ring substituents is 1. The Balaban J connectivity index is 2.22. The van der Waals surface area contributed by atoms with Crippen LogP contribution in [0.1, 0.15) is 41.5 Å². The SMILES string of the molecule is CC(=O)c1ccc([N+](=O)[O-])c(OC(=O)c2ccc(NC(=O)C(C)C)cc2)c1. The number of carbonyl (C=O) groups excluding carboxylic acids is 3. The minimum Gasteiger partial charge on any atom is -0.416 e. The topological polar surface area (TPSA) is 116 Å². The Bertz CT molecular complexity index is 903. The van der Waals surface area contributed by atoms with E-state index < -0.39 is 16.6 Å². The molecular weight excluding hydrogens is 352 g/mol. The number of nitrogens with one attached hydrogen (secondary N) is 1. The van der Waals surface area contributed by atoms with Crippen molar-refractivity contribution in [3.63, 3.8) is 0 Å². The standard InChI is InChI=1S/C19H18N2O6/c1-11(2)18(23)20-15-7-4-13(5-8-15)19(24)27-17-10-14(12(3)22)6-9-16(17)21(25)26/h4-11H,1-3H3,(H,20,23). The molecule has 0 radical (unpaired) electrons. The molecule has 0 saturated heterocycles. The van der Waals surface area contributed by atoms with Crippen molar-refractivity contribution in [1.29, 1.82) is 0 Å². The molecule has 2 aromatic carbocycles. The van der Waals surface area contributed by atoms with E-state index in [-0.39, 0.29) is 34.5 Å². The first kappa shape index (κ1) is 19.8. The number of carbonyl (C=O) groups is 3. The molecule has 0 unspecified atom stereocenters. The maximum Gasteiger partial charge on any atom is 0.343 e. The number of anilines is 1. The van der Waals surface area contributed by atoms with Crippen molar-refractivity contribution in [3.8, 4) is 5.75 Å². The zero-order valence-electron chi connectivity index (χ0n) is 15.0. The number of hydrogen-bond acceptors (Lipinski definition) is 6. The minimum atomic E-state index is -0.819. The highest BCUT2D eigenvalue weighted by atomic mass is 16.6. The van der Waals surface area contributed by atoms with Crippen molar-refractivity contribution < 1.29 is 24.0 Å². The number of rotatable bonds is 6. The molecule has 0 aromatic heterocycles. The van der Waals surface area contributed by atoms with Gasteiger partial charge in [-0.05, 0) is 43.3 Å². The van der Waals surface area contributed by atoms with Gasteiger partial charge in [-0.2, -0.15) is 0 Å². The van der Waals surface area contributed by atoms with Gasteiger partial charge in [0.05, 0.1) is 10.5 Å². The van der Waals surface area contributed by atoms with Crippen molar-refractivity contribution in [3.05, 3.63) is 63.7 Å². The van der Waals surface area contributed by atoms with Gasteiger partial charge in [-0.1, -0.05) is 13.8 Å². The van der Waals surface area contributed by atoms with Crippen LogP contribution in [0.4, 0.5) is 11.4 Å². The Kier molecular flexibility index (Phi) is 6.02. The number of amides is 1. The van der Waals surface area contributed by atoms with Gasteiger partial charge in [0.15, 0.2) is 5.78 Å². The highest BCUT2D eigenvalue weighted by Crippen LogP contribution is 2.29. The average molecular weight is 370 g/mol. The van der Waals surface area contributed by atoms with E-state index in [0.29, 0.717) is 5.69 Å². The van der Waals surface area contributed by atoms with Crippen LogP contribution in [-0.4, -0.2) is 22.6 Å². The Morgan fingerprint density at radius 1 is 1.04 bits per heavy atom. The molecule has 0 spiro atoms. The Labute approximate surface area is 155 Å². The summed E-state index contributed by atoms with van der Waals surface area (Å²) in [6.07, 6.45) is 0. The summed E-state index contributed by atoms with van der Waals surface area (Å²) in [5, 5.41) is 13.8. The number of benzene rings is 2. The van der Waals surface area contributed by atoms with Gasteiger partial charge in [-0.25, -0.2) is 4.79 Å². The van der Waals surface area contributed by atoms with Crippen LogP contribution in [0.3, 0.4) is 0 Å². The van der Waals surface area contributed by atoms with Crippen LogP contribution < -0.4 is 10.1 Å². The van der Waals surface area contributed by atoms with Crippen molar-refractivity contribution in [2.75, 3.05) is 5.32 Å². The van der Waals surface area contributed by atoms with Crippen LogP contribution in [0, 0.1) is 16.0 Å². The molecule has 0 saturated carbocycles. The average Bonchev–Trinajstić information content (AvgIpc) is 2.61. The number of hydrogen-bond donors (Lipinski definition) is 1. The van der Waals surface area contributed by atoms with Gasteiger partial charge in [0.2, 0.25) is 11.7 Å². The third-order valence-corrected chi connectivity index (χ3v) is 3.68. The summed E-state index contributed by atoms with van der Waals surface area (Å²) in [6, 6.07) is 9.48. The number of nitrogens with zero attached hydrogens (tertiary/aromatic N) is 1. The summed E-state index contributed by atoms with van der Waals surface area (Å²) in [5.41, 5.74) is 0.416. The van der Waals surface area contributed by atoms with E-state index in [9.17, 15) is 24.5 Å². The lowest BCUT2D eigenvalue weighted by molar-refractivity contribution is -0.385. The van der Waals surface area contributed by atoms with Gasteiger partial charge in [0.1, 0.15) is 0 Å². The summed E-state index contributed by atoms with van der Waals surface area (Å²) < 4.78 is 5.12. The van der Waals surface area contributed by atoms with Crippen molar-refractivity contribution in [1.82, 2.24) is 0 Å². The predicted octanol–water partition coefficient (Wildman–Crippen LogP) is 3.61. The van der Waals surface area contributed by atoms with Crippen molar-refractivity contribution in [2.24, 2.45) is 5.92 Å². The van der Waals surface area contributed by atoms with E-state index >= 15 is 0 Å². The largest absolute Gasteiger partial charge is 0.416 e. The fraction of sp³-hybridized carbons (Fsp3) is 0.211. The number of esters is 1. The minimum absolute atomic E-state index is 0.139. The third kappa shape index (κ3) is 4.97. The van der Waals surface area contributed by atoms with Gasteiger partial charge in [-0.3, -0.25) is 19.7 Å². The first-order valence-electron chi connectivity index (χ1n) is 8.11. The van der Waals surface area contributed by atoms with Crippen LogP contribution in [-0.2, 0) is 4.79 Å². The van der Waals surface area contributed by atoms with Gasteiger partial charge in [-0.15, -0.1) is 0 Å². The lowest BCUT2D eigenvalue weighted by Crippen LogP contribution is -2.17. The summed E-state index contributed by atoms with van der Waals surface area (Å²) in [4.78, 5) is 45.8. The quantitative estimate of drug-likeness (QED) is 0.273. The maximum atomic E-state index is 12.3. The van der Waals surface area contributed by atoms with E-state index in [4.69, 9.17) is 4.74 Å². The molecule has 0 heterocycles.